The zero-order chi connectivity index (χ0) is 17.1. The van der Waals surface area contributed by atoms with E-state index in [1.165, 1.54) is 0 Å². The molecule has 1 aromatic carbocycles. The van der Waals surface area contributed by atoms with Crippen LogP contribution in [0.15, 0.2) is 36.4 Å². The van der Waals surface area contributed by atoms with Gasteiger partial charge < -0.3 is 9.67 Å². The van der Waals surface area contributed by atoms with Gasteiger partial charge in [-0.15, -0.1) is 0 Å². The summed E-state index contributed by atoms with van der Waals surface area (Å²) in [6, 6.07) is 11.3. The standard InChI is InChI=1S/C20H23NO3/c1-2-3-7-14-8-4-5-9-15(14)19(22)18-12-11-17-16(20(23)24)10-6-13-21(17)18/h4-5,8-9,11-12,16H,2-3,6-7,10,13H2,1H3,(H,23,24). The Bertz CT molecular complexity index is 760. The van der Waals surface area contributed by atoms with Crippen LogP contribution in [0.3, 0.4) is 0 Å². The molecule has 0 saturated carbocycles. The summed E-state index contributed by atoms with van der Waals surface area (Å²) in [7, 11) is 0. The van der Waals surface area contributed by atoms with Crippen molar-refractivity contribution in [3.63, 3.8) is 0 Å². The molecule has 2 heterocycles. The lowest BCUT2D eigenvalue weighted by molar-refractivity contribution is -0.139. The minimum Gasteiger partial charge on any atom is -0.481 e. The molecule has 1 N–H and O–H groups in total. The maximum absolute atomic E-state index is 13.1. The van der Waals surface area contributed by atoms with E-state index < -0.39 is 11.9 Å². The van der Waals surface area contributed by atoms with Gasteiger partial charge in [0.05, 0.1) is 11.6 Å². The number of nitrogens with zero attached hydrogens (tertiary/aromatic N) is 1. The summed E-state index contributed by atoms with van der Waals surface area (Å²) in [5.74, 6) is -1.31. The number of benzene rings is 1. The highest BCUT2D eigenvalue weighted by Gasteiger charge is 2.29. The maximum atomic E-state index is 13.1. The summed E-state index contributed by atoms with van der Waals surface area (Å²) in [6.07, 6.45) is 4.46. The molecular formula is C20H23NO3. The van der Waals surface area contributed by atoms with Crippen LogP contribution in [-0.4, -0.2) is 21.4 Å². The molecule has 0 saturated heterocycles. The number of ketones is 1. The van der Waals surface area contributed by atoms with Crippen LogP contribution < -0.4 is 0 Å². The number of hydrogen-bond acceptors (Lipinski definition) is 2. The van der Waals surface area contributed by atoms with Gasteiger partial charge in [-0.25, -0.2) is 0 Å². The Kier molecular flexibility index (Phi) is 4.84. The molecule has 1 atom stereocenters. The summed E-state index contributed by atoms with van der Waals surface area (Å²) in [4.78, 5) is 24.5. The maximum Gasteiger partial charge on any atom is 0.312 e. The number of rotatable bonds is 6. The summed E-state index contributed by atoms with van der Waals surface area (Å²) >= 11 is 0. The number of aromatic nitrogens is 1. The lowest BCUT2D eigenvalue weighted by Crippen LogP contribution is -2.24. The van der Waals surface area contributed by atoms with Crippen molar-refractivity contribution >= 4 is 11.8 Å². The molecule has 4 heteroatoms. The first-order valence-electron chi connectivity index (χ1n) is 8.68. The fourth-order valence-electron chi connectivity index (χ4n) is 3.55. The Morgan fingerprint density at radius 3 is 2.75 bits per heavy atom. The molecular weight excluding hydrogens is 302 g/mol. The minimum atomic E-state index is -0.809. The van der Waals surface area contributed by atoms with Crippen molar-refractivity contribution in [1.29, 1.82) is 0 Å². The smallest absolute Gasteiger partial charge is 0.312 e. The third-order valence-corrected chi connectivity index (χ3v) is 4.84. The first kappa shape index (κ1) is 16.5. The molecule has 24 heavy (non-hydrogen) atoms. The number of fused-ring (bicyclic) bond motifs is 1. The number of carboxylic acid groups (broad SMARTS) is 1. The molecule has 0 radical (unpaired) electrons. The molecule has 0 bridgehead atoms. The SMILES string of the molecule is CCCCc1ccccc1C(=O)c1ccc2n1CCCC2C(=O)O. The van der Waals surface area contributed by atoms with Crippen molar-refractivity contribution in [2.24, 2.45) is 0 Å². The van der Waals surface area contributed by atoms with Crippen molar-refractivity contribution in [1.82, 2.24) is 4.57 Å². The van der Waals surface area contributed by atoms with E-state index in [0.717, 1.165) is 42.5 Å². The first-order valence-corrected chi connectivity index (χ1v) is 8.68. The zero-order valence-corrected chi connectivity index (χ0v) is 14.0. The molecule has 1 aliphatic rings. The normalized spacial score (nSPS) is 16.6. The van der Waals surface area contributed by atoms with E-state index in [-0.39, 0.29) is 5.78 Å². The average molecular weight is 325 g/mol. The van der Waals surface area contributed by atoms with E-state index in [4.69, 9.17) is 0 Å². The quantitative estimate of drug-likeness (QED) is 0.816. The number of hydrogen-bond donors (Lipinski definition) is 1. The second kappa shape index (κ2) is 7.04. The zero-order valence-electron chi connectivity index (χ0n) is 14.0. The monoisotopic (exact) mass is 325 g/mol. The van der Waals surface area contributed by atoms with Crippen molar-refractivity contribution in [2.45, 2.75) is 51.5 Å². The van der Waals surface area contributed by atoms with Gasteiger partial charge in [-0.1, -0.05) is 37.6 Å². The number of aliphatic carboxylic acids is 1. The van der Waals surface area contributed by atoms with E-state index in [1.807, 2.05) is 28.8 Å². The van der Waals surface area contributed by atoms with E-state index in [1.54, 1.807) is 12.1 Å². The van der Waals surface area contributed by atoms with E-state index >= 15 is 0 Å². The molecule has 3 rings (SSSR count). The molecule has 0 fully saturated rings. The molecule has 1 aliphatic heterocycles. The molecule has 4 nitrogen and oxygen atoms in total. The van der Waals surface area contributed by atoms with Crippen LogP contribution in [0.1, 0.15) is 65.8 Å². The Hall–Kier alpha value is -2.36. The summed E-state index contributed by atoms with van der Waals surface area (Å²) in [5.41, 5.74) is 3.18. The van der Waals surface area contributed by atoms with Crippen molar-refractivity contribution < 1.29 is 14.7 Å². The summed E-state index contributed by atoms with van der Waals surface area (Å²) in [6.45, 7) is 2.85. The lowest BCUT2D eigenvalue weighted by atomic mass is 9.96. The van der Waals surface area contributed by atoms with Crippen molar-refractivity contribution in [3.8, 4) is 0 Å². The molecule has 0 amide bonds. The summed E-state index contributed by atoms with van der Waals surface area (Å²) < 4.78 is 1.90. The summed E-state index contributed by atoms with van der Waals surface area (Å²) in [5, 5.41) is 9.39. The van der Waals surface area contributed by atoms with Crippen molar-refractivity contribution in [3.05, 3.63) is 58.9 Å². The number of carbonyl (C=O) groups is 2. The highest BCUT2D eigenvalue weighted by Crippen LogP contribution is 2.31. The highest BCUT2D eigenvalue weighted by atomic mass is 16.4. The Morgan fingerprint density at radius 1 is 1.21 bits per heavy atom. The second-order valence-corrected chi connectivity index (χ2v) is 6.42. The molecule has 126 valence electrons. The van der Waals surface area contributed by atoms with Gasteiger partial charge >= 0.3 is 5.97 Å². The minimum absolute atomic E-state index is 0.000933. The van der Waals surface area contributed by atoms with Gasteiger partial charge in [-0.05, 0) is 43.4 Å². The first-order chi connectivity index (χ1) is 11.6. The number of carbonyl (C=O) groups excluding carboxylic acids is 1. The van der Waals surface area contributed by atoms with Gasteiger partial charge in [0.15, 0.2) is 0 Å². The fraction of sp³-hybridized carbons (Fsp3) is 0.400. The number of carboxylic acids is 1. The van der Waals surface area contributed by atoms with E-state index in [2.05, 4.69) is 6.92 Å². The Balaban J connectivity index is 1.96. The molecule has 1 aromatic heterocycles. The van der Waals surface area contributed by atoms with Gasteiger partial charge in [-0.2, -0.15) is 0 Å². The second-order valence-electron chi connectivity index (χ2n) is 6.42. The van der Waals surface area contributed by atoms with Crippen LogP contribution in [-0.2, 0) is 17.8 Å². The van der Waals surface area contributed by atoms with E-state index in [9.17, 15) is 14.7 Å². The van der Waals surface area contributed by atoms with E-state index in [0.29, 0.717) is 18.7 Å². The van der Waals surface area contributed by atoms with Gasteiger partial charge in [0, 0.05) is 17.8 Å². The average Bonchev–Trinajstić information content (AvgIpc) is 3.03. The highest BCUT2D eigenvalue weighted by molar-refractivity contribution is 6.09. The van der Waals surface area contributed by atoms with Gasteiger partial charge in [0.25, 0.3) is 0 Å². The number of aryl methyl sites for hydroxylation is 1. The lowest BCUT2D eigenvalue weighted by Gasteiger charge is -2.23. The van der Waals surface area contributed by atoms with Gasteiger partial charge in [-0.3, -0.25) is 9.59 Å². The van der Waals surface area contributed by atoms with Crippen LogP contribution in [0.2, 0.25) is 0 Å². The predicted octanol–water partition coefficient (Wildman–Crippen LogP) is 4.02. The Labute approximate surface area is 142 Å². The van der Waals surface area contributed by atoms with Gasteiger partial charge in [0.2, 0.25) is 5.78 Å². The van der Waals surface area contributed by atoms with Gasteiger partial charge in [0.1, 0.15) is 0 Å². The van der Waals surface area contributed by atoms with Crippen LogP contribution in [0.25, 0.3) is 0 Å². The molecule has 2 aromatic rings. The largest absolute Gasteiger partial charge is 0.481 e. The molecule has 1 unspecified atom stereocenters. The fourth-order valence-corrected chi connectivity index (χ4v) is 3.55. The predicted molar refractivity (Wildman–Crippen MR) is 92.5 cm³/mol. The van der Waals surface area contributed by atoms with Crippen LogP contribution in [0.5, 0.6) is 0 Å². The van der Waals surface area contributed by atoms with Crippen LogP contribution >= 0.6 is 0 Å². The molecule has 0 spiro atoms. The Morgan fingerprint density at radius 2 is 2.00 bits per heavy atom. The molecule has 0 aliphatic carbocycles. The van der Waals surface area contributed by atoms with Crippen LogP contribution in [0.4, 0.5) is 0 Å². The van der Waals surface area contributed by atoms with Crippen molar-refractivity contribution in [2.75, 3.05) is 0 Å². The van der Waals surface area contributed by atoms with Crippen LogP contribution in [0, 0.1) is 0 Å². The number of unbranched alkanes of at least 4 members (excludes halogenated alkanes) is 1. The third kappa shape index (κ3) is 3.01. The third-order valence-electron chi connectivity index (χ3n) is 4.84. The topological polar surface area (TPSA) is 59.3 Å².